The quantitative estimate of drug-likeness (QED) is 0.606. The summed E-state index contributed by atoms with van der Waals surface area (Å²) in [7, 11) is 1.54. The number of benzene rings is 1. The molecule has 98 valence electrons. The van der Waals surface area contributed by atoms with E-state index < -0.39 is 17.9 Å². The molecular weight excluding hydrogens is 248 g/mol. The van der Waals surface area contributed by atoms with Gasteiger partial charge in [0.2, 0.25) is 0 Å². The van der Waals surface area contributed by atoms with Gasteiger partial charge in [0.15, 0.2) is 0 Å². The number of Topliss-reactive ketones (excluding diaryl/α,β-unsaturated/α-hetero) is 1. The van der Waals surface area contributed by atoms with Gasteiger partial charge in [-0.25, -0.2) is 4.79 Å². The molecule has 0 spiro atoms. The molecule has 2 rings (SSSR count). The zero-order valence-corrected chi connectivity index (χ0v) is 10.5. The Morgan fingerprint density at radius 1 is 1.21 bits per heavy atom. The topological polar surface area (TPSA) is 69.7 Å². The van der Waals surface area contributed by atoms with Gasteiger partial charge in [0.25, 0.3) is 0 Å². The lowest BCUT2D eigenvalue weighted by Gasteiger charge is -2.20. The van der Waals surface area contributed by atoms with Gasteiger partial charge in [-0.3, -0.25) is 9.59 Å². The summed E-state index contributed by atoms with van der Waals surface area (Å²) in [5, 5.41) is 0. The normalized spacial score (nSPS) is 18.6. The predicted octanol–water partition coefficient (Wildman–Crippen LogP) is 1.37. The average molecular weight is 260 g/mol. The van der Waals surface area contributed by atoms with Crippen LogP contribution in [-0.2, 0) is 19.1 Å². The smallest absolute Gasteiger partial charge is 0.338 e. The van der Waals surface area contributed by atoms with Crippen LogP contribution in [0, 0.1) is 5.92 Å². The molecule has 1 aromatic rings. The molecule has 19 heavy (non-hydrogen) atoms. The Morgan fingerprint density at radius 3 is 2.37 bits per heavy atom. The second-order valence-corrected chi connectivity index (χ2v) is 4.11. The lowest BCUT2D eigenvalue weighted by Crippen LogP contribution is -2.31. The van der Waals surface area contributed by atoms with Crippen molar-refractivity contribution in [2.75, 3.05) is 7.11 Å². The van der Waals surface area contributed by atoms with E-state index in [-0.39, 0.29) is 5.78 Å². The molecule has 1 aliphatic heterocycles. The summed E-state index contributed by atoms with van der Waals surface area (Å²) < 4.78 is 9.49. The van der Waals surface area contributed by atoms with E-state index in [4.69, 9.17) is 4.74 Å². The van der Waals surface area contributed by atoms with Gasteiger partial charge >= 0.3 is 11.9 Å². The van der Waals surface area contributed by atoms with Crippen LogP contribution in [0.2, 0.25) is 0 Å². The molecule has 0 bridgehead atoms. The number of ketones is 1. The number of hydrogen-bond donors (Lipinski definition) is 0. The van der Waals surface area contributed by atoms with Crippen LogP contribution in [0.4, 0.5) is 0 Å². The third-order valence-corrected chi connectivity index (χ3v) is 2.85. The summed E-state index contributed by atoms with van der Waals surface area (Å²) in [4.78, 5) is 34.5. The summed E-state index contributed by atoms with van der Waals surface area (Å²) >= 11 is 0. The van der Waals surface area contributed by atoms with Gasteiger partial charge in [0, 0.05) is 6.08 Å². The van der Waals surface area contributed by atoms with Crippen molar-refractivity contribution >= 4 is 23.3 Å². The third kappa shape index (κ3) is 2.54. The van der Waals surface area contributed by atoms with Crippen molar-refractivity contribution in [3.05, 3.63) is 35.9 Å². The van der Waals surface area contributed by atoms with Gasteiger partial charge in [-0.2, -0.15) is 0 Å². The number of methoxy groups -OCH3 is 1. The summed E-state index contributed by atoms with van der Waals surface area (Å²) in [5.41, 5.74) is 0.974. The van der Waals surface area contributed by atoms with Crippen molar-refractivity contribution in [1.29, 1.82) is 0 Å². The van der Waals surface area contributed by atoms with Crippen LogP contribution < -0.4 is 4.74 Å². The molecule has 0 amide bonds. The van der Waals surface area contributed by atoms with Gasteiger partial charge in [0.05, 0.1) is 7.11 Å². The molecule has 1 aliphatic rings. The number of rotatable bonds is 3. The average Bonchev–Trinajstić information content (AvgIpc) is 2.37. The Labute approximate surface area is 109 Å². The first-order chi connectivity index (χ1) is 9.02. The molecule has 0 fully saturated rings. The number of esters is 2. The fourth-order valence-electron chi connectivity index (χ4n) is 1.94. The van der Waals surface area contributed by atoms with Crippen molar-refractivity contribution in [3.63, 3.8) is 0 Å². The van der Waals surface area contributed by atoms with Crippen LogP contribution in [0.3, 0.4) is 0 Å². The molecule has 0 radical (unpaired) electrons. The predicted molar refractivity (Wildman–Crippen MR) is 66.2 cm³/mol. The van der Waals surface area contributed by atoms with Gasteiger partial charge in [0.1, 0.15) is 17.5 Å². The van der Waals surface area contributed by atoms with Crippen LogP contribution in [-0.4, -0.2) is 24.8 Å². The molecule has 0 saturated heterocycles. The molecule has 1 heterocycles. The first-order valence-corrected chi connectivity index (χ1v) is 5.65. The van der Waals surface area contributed by atoms with Gasteiger partial charge < -0.3 is 9.47 Å². The first-order valence-electron chi connectivity index (χ1n) is 5.65. The van der Waals surface area contributed by atoms with Crippen LogP contribution in [0.15, 0.2) is 30.3 Å². The number of hydrogen-bond acceptors (Lipinski definition) is 5. The minimum atomic E-state index is -1.05. The Balaban J connectivity index is 2.46. The molecule has 0 aromatic heterocycles. The lowest BCUT2D eigenvalue weighted by molar-refractivity contribution is -0.159. The largest absolute Gasteiger partial charge is 0.497 e. The number of cyclic esters (lactones) is 2. The Kier molecular flexibility index (Phi) is 3.46. The fourth-order valence-corrected chi connectivity index (χ4v) is 1.94. The lowest BCUT2D eigenvalue weighted by atomic mass is 9.88. The second kappa shape index (κ2) is 5.06. The highest BCUT2D eigenvalue weighted by Gasteiger charge is 2.35. The van der Waals surface area contributed by atoms with Crippen LogP contribution >= 0.6 is 0 Å². The van der Waals surface area contributed by atoms with E-state index in [1.165, 1.54) is 20.1 Å². The second-order valence-electron chi connectivity index (χ2n) is 4.11. The van der Waals surface area contributed by atoms with E-state index >= 15 is 0 Å². The van der Waals surface area contributed by atoms with Gasteiger partial charge in [-0.05, 0) is 30.2 Å². The molecule has 1 atom stereocenters. The minimum Gasteiger partial charge on any atom is -0.497 e. The maximum atomic E-state index is 11.6. The highest BCUT2D eigenvalue weighted by atomic mass is 16.6. The highest BCUT2D eigenvalue weighted by Crippen LogP contribution is 2.30. The molecule has 1 aromatic carbocycles. The maximum absolute atomic E-state index is 11.6. The standard InChI is InChI=1S/C14H12O5/c1-8(15)13-11(7-12(16)19-14(13)17)9-3-5-10(18-2)6-4-9/h3-7,13H,1-2H3. The van der Waals surface area contributed by atoms with E-state index in [0.717, 1.165) is 0 Å². The van der Waals surface area contributed by atoms with E-state index in [0.29, 0.717) is 16.9 Å². The van der Waals surface area contributed by atoms with Crippen molar-refractivity contribution < 1.29 is 23.9 Å². The van der Waals surface area contributed by atoms with Crippen molar-refractivity contribution in [2.45, 2.75) is 6.92 Å². The minimum absolute atomic E-state index is 0.358. The monoisotopic (exact) mass is 260 g/mol. The van der Waals surface area contributed by atoms with Crippen molar-refractivity contribution in [1.82, 2.24) is 0 Å². The number of ether oxygens (including phenoxy) is 2. The SMILES string of the molecule is COc1ccc(C2=CC(=O)OC(=O)C2C(C)=O)cc1. The van der Waals surface area contributed by atoms with E-state index in [1.807, 2.05) is 0 Å². The zero-order valence-electron chi connectivity index (χ0n) is 10.5. The van der Waals surface area contributed by atoms with Crippen LogP contribution in [0.25, 0.3) is 5.57 Å². The highest BCUT2D eigenvalue weighted by molar-refractivity contribution is 6.17. The summed E-state index contributed by atoms with van der Waals surface area (Å²) in [6.07, 6.45) is 1.18. The Morgan fingerprint density at radius 2 is 1.84 bits per heavy atom. The maximum Gasteiger partial charge on any atom is 0.338 e. The van der Waals surface area contributed by atoms with Gasteiger partial charge in [-0.1, -0.05) is 12.1 Å². The molecule has 1 unspecified atom stereocenters. The Bertz CT molecular complexity index is 568. The summed E-state index contributed by atoms with van der Waals surface area (Å²) in [5.74, 6) is -2.35. The zero-order chi connectivity index (χ0) is 14.0. The molecule has 0 saturated carbocycles. The van der Waals surface area contributed by atoms with Crippen LogP contribution in [0.1, 0.15) is 12.5 Å². The molecule has 0 N–H and O–H groups in total. The van der Waals surface area contributed by atoms with Crippen molar-refractivity contribution in [3.8, 4) is 5.75 Å². The third-order valence-electron chi connectivity index (χ3n) is 2.85. The molecule has 5 heteroatoms. The fraction of sp³-hybridized carbons (Fsp3) is 0.214. The number of carbonyl (C=O) groups is 3. The van der Waals surface area contributed by atoms with E-state index in [9.17, 15) is 14.4 Å². The molecular formula is C14H12O5. The number of carbonyl (C=O) groups excluding carboxylic acids is 3. The van der Waals surface area contributed by atoms with E-state index in [2.05, 4.69) is 4.74 Å². The molecule has 5 nitrogen and oxygen atoms in total. The van der Waals surface area contributed by atoms with E-state index in [1.54, 1.807) is 24.3 Å². The van der Waals surface area contributed by atoms with Gasteiger partial charge in [-0.15, -0.1) is 0 Å². The Hall–Kier alpha value is -2.43. The van der Waals surface area contributed by atoms with Crippen molar-refractivity contribution in [2.24, 2.45) is 5.92 Å². The molecule has 0 aliphatic carbocycles. The summed E-state index contributed by atoms with van der Waals surface area (Å²) in [6, 6.07) is 6.76. The first kappa shape index (κ1) is 13.0. The van der Waals surface area contributed by atoms with Crippen LogP contribution in [0.5, 0.6) is 5.75 Å². The summed E-state index contributed by atoms with van der Waals surface area (Å²) in [6.45, 7) is 1.29.